The molecule has 0 bridgehead atoms. The van der Waals surface area contributed by atoms with Crippen molar-refractivity contribution in [2.24, 2.45) is 0 Å². The van der Waals surface area contributed by atoms with E-state index in [1.165, 1.54) is 11.3 Å². The van der Waals surface area contributed by atoms with Crippen molar-refractivity contribution in [3.8, 4) is 0 Å². The molecule has 0 spiro atoms. The molecular weight excluding hydrogens is 246 g/mol. The molecule has 4 heteroatoms. The first-order valence-corrected chi connectivity index (χ1v) is 7.62. The Bertz CT molecular complexity index is 364. The summed E-state index contributed by atoms with van der Waals surface area (Å²) in [5.41, 5.74) is 0. The molecule has 1 aliphatic heterocycles. The molecule has 2 rings (SSSR count). The number of rotatable bonds is 5. The lowest BCUT2D eigenvalue weighted by atomic mass is 10.0. The third-order valence-electron chi connectivity index (χ3n) is 3.40. The normalized spacial score (nSPS) is 20.8. The zero-order valence-electron chi connectivity index (χ0n) is 10.9. The summed E-state index contributed by atoms with van der Waals surface area (Å²) in [7, 11) is 0. The molecule has 2 heterocycles. The van der Waals surface area contributed by atoms with Gasteiger partial charge in [-0.25, -0.2) is 0 Å². The van der Waals surface area contributed by atoms with E-state index >= 15 is 0 Å². The first-order chi connectivity index (χ1) is 8.81. The van der Waals surface area contributed by atoms with Crippen LogP contribution in [0.2, 0.25) is 0 Å². The molecule has 3 nitrogen and oxygen atoms in total. The van der Waals surface area contributed by atoms with Crippen LogP contribution in [0.3, 0.4) is 0 Å². The maximum atomic E-state index is 11.9. The van der Waals surface area contributed by atoms with Crippen molar-refractivity contribution in [3.05, 3.63) is 22.4 Å². The van der Waals surface area contributed by atoms with Gasteiger partial charge in [0.2, 0.25) is 0 Å². The average Bonchev–Trinajstić information content (AvgIpc) is 2.90. The van der Waals surface area contributed by atoms with E-state index in [0.717, 1.165) is 32.4 Å². The molecule has 0 aromatic carbocycles. The Morgan fingerprint density at radius 3 is 3.17 bits per heavy atom. The molecule has 1 aromatic heterocycles. The Labute approximate surface area is 113 Å². The molecule has 18 heavy (non-hydrogen) atoms. The summed E-state index contributed by atoms with van der Waals surface area (Å²) < 4.78 is 5.17. The number of nitrogens with zero attached hydrogens (tertiary/aromatic N) is 1. The van der Waals surface area contributed by atoms with Crippen LogP contribution >= 0.6 is 11.3 Å². The van der Waals surface area contributed by atoms with Gasteiger partial charge in [-0.1, -0.05) is 12.5 Å². The number of carbonyl (C=O) groups excluding carboxylic acids is 1. The van der Waals surface area contributed by atoms with E-state index in [1.54, 1.807) is 11.3 Å². The maximum absolute atomic E-state index is 11.9. The average molecular weight is 267 g/mol. The summed E-state index contributed by atoms with van der Waals surface area (Å²) >= 11 is 1.79. The molecule has 0 radical (unpaired) electrons. The number of esters is 1. The number of carbonyl (C=O) groups is 1. The summed E-state index contributed by atoms with van der Waals surface area (Å²) in [5.74, 6) is -0.0385. The highest BCUT2D eigenvalue weighted by Gasteiger charge is 2.29. The zero-order valence-corrected chi connectivity index (χ0v) is 11.7. The Hall–Kier alpha value is -0.870. The van der Waals surface area contributed by atoms with Crippen LogP contribution in [0.4, 0.5) is 0 Å². The lowest BCUT2D eigenvalue weighted by Gasteiger charge is -2.33. The quantitative estimate of drug-likeness (QED) is 0.768. The van der Waals surface area contributed by atoms with Gasteiger partial charge in [-0.3, -0.25) is 9.69 Å². The maximum Gasteiger partial charge on any atom is 0.323 e. The van der Waals surface area contributed by atoms with E-state index in [9.17, 15) is 4.79 Å². The molecule has 0 amide bonds. The van der Waals surface area contributed by atoms with Gasteiger partial charge >= 0.3 is 5.97 Å². The number of ether oxygens (including phenoxy) is 1. The Morgan fingerprint density at radius 2 is 2.44 bits per heavy atom. The van der Waals surface area contributed by atoms with Crippen molar-refractivity contribution < 1.29 is 9.53 Å². The van der Waals surface area contributed by atoms with Crippen LogP contribution in [0.5, 0.6) is 0 Å². The van der Waals surface area contributed by atoms with E-state index in [-0.39, 0.29) is 12.0 Å². The van der Waals surface area contributed by atoms with E-state index < -0.39 is 0 Å². The van der Waals surface area contributed by atoms with Crippen molar-refractivity contribution in [3.63, 3.8) is 0 Å². The van der Waals surface area contributed by atoms with Gasteiger partial charge in [-0.05, 0) is 44.2 Å². The summed E-state index contributed by atoms with van der Waals surface area (Å²) in [4.78, 5) is 15.6. The zero-order chi connectivity index (χ0) is 12.8. The lowest BCUT2D eigenvalue weighted by molar-refractivity contribution is -0.150. The number of thiophene rings is 1. The van der Waals surface area contributed by atoms with E-state index in [2.05, 4.69) is 22.4 Å². The minimum atomic E-state index is -0.0385. The molecule has 1 aromatic rings. The van der Waals surface area contributed by atoms with E-state index in [4.69, 9.17) is 4.74 Å². The highest BCUT2D eigenvalue weighted by molar-refractivity contribution is 7.09. The van der Waals surface area contributed by atoms with Crippen molar-refractivity contribution in [1.82, 2.24) is 4.90 Å². The first-order valence-electron chi connectivity index (χ1n) is 6.74. The highest BCUT2D eigenvalue weighted by atomic mass is 32.1. The summed E-state index contributed by atoms with van der Waals surface area (Å²) in [6.45, 7) is 4.34. The molecule has 0 aliphatic carbocycles. The fourth-order valence-electron chi connectivity index (χ4n) is 2.47. The molecule has 0 N–H and O–H groups in total. The molecule has 100 valence electrons. The molecule has 1 atom stereocenters. The van der Waals surface area contributed by atoms with Crippen molar-refractivity contribution in [2.75, 3.05) is 19.7 Å². The topological polar surface area (TPSA) is 29.5 Å². The lowest BCUT2D eigenvalue weighted by Crippen LogP contribution is -2.46. The van der Waals surface area contributed by atoms with Gasteiger partial charge in [0.05, 0.1) is 6.61 Å². The number of piperidine rings is 1. The van der Waals surface area contributed by atoms with Gasteiger partial charge in [0.1, 0.15) is 6.04 Å². The third-order valence-corrected chi connectivity index (χ3v) is 4.33. The number of likely N-dealkylation sites (tertiary alicyclic amines) is 1. The van der Waals surface area contributed by atoms with Crippen molar-refractivity contribution >= 4 is 17.3 Å². The summed E-state index contributed by atoms with van der Waals surface area (Å²) in [6, 6.07) is 4.23. The van der Waals surface area contributed by atoms with Gasteiger partial charge < -0.3 is 4.74 Å². The van der Waals surface area contributed by atoms with Crippen LogP contribution < -0.4 is 0 Å². The molecule has 1 aliphatic rings. The van der Waals surface area contributed by atoms with Gasteiger partial charge in [-0.2, -0.15) is 0 Å². The van der Waals surface area contributed by atoms with Gasteiger partial charge in [0, 0.05) is 11.4 Å². The highest BCUT2D eigenvalue weighted by Crippen LogP contribution is 2.19. The monoisotopic (exact) mass is 267 g/mol. The Balaban J connectivity index is 1.89. The minimum Gasteiger partial charge on any atom is -0.465 e. The third kappa shape index (κ3) is 3.56. The van der Waals surface area contributed by atoms with E-state index in [1.807, 2.05) is 6.92 Å². The van der Waals surface area contributed by atoms with Gasteiger partial charge in [0.15, 0.2) is 0 Å². The van der Waals surface area contributed by atoms with Crippen LogP contribution in [0, 0.1) is 0 Å². The first kappa shape index (κ1) is 13.6. The van der Waals surface area contributed by atoms with E-state index in [0.29, 0.717) is 6.61 Å². The predicted octanol–water partition coefficient (Wildman–Crippen LogP) is 2.71. The van der Waals surface area contributed by atoms with Crippen LogP contribution in [0.1, 0.15) is 31.1 Å². The van der Waals surface area contributed by atoms with Crippen molar-refractivity contribution in [2.45, 2.75) is 38.6 Å². The molecule has 0 saturated carbocycles. The largest absolute Gasteiger partial charge is 0.465 e. The Morgan fingerprint density at radius 1 is 1.56 bits per heavy atom. The molecule has 1 unspecified atom stereocenters. The van der Waals surface area contributed by atoms with Crippen LogP contribution in [-0.4, -0.2) is 36.6 Å². The second kappa shape index (κ2) is 6.90. The SMILES string of the molecule is CCOC(=O)C1CCCCN1CCc1cccs1. The van der Waals surface area contributed by atoms with Gasteiger partial charge in [0.25, 0.3) is 0 Å². The number of hydrogen-bond donors (Lipinski definition) is 0. The smallest absolute Gasteiger partial charge is 0.323 e. The summed E-state index contributed by atoms with van der Waals surface area (Å²) in [5, 5.41) is 2.11. The van der Waals surface area contributed by atoms with Gasteiger partial charge in [-0.15, -0.1) is 11.3 Å². The fraction of sp³-hybridized carbons (Fsp3) is 0.643. The minimum absolute atomic E-state index is 0.0151. The molecule has 1 saturated heterocycles. The standard InChI is InChI=1S/C14H21NO2S/c1-2-17-14(16)13-7-3-4-9-15(13)10-8-12-6-5-11-18-12/h5-6,11,13H,2-4,7-10H2,1H3. The fourth-order valence-corrected chi connectivity index (χ4v) is 3.17. The van der Waals surface area contributed by atoms with Crippen molar-refractivity contribution in [1.29, 1.82) is 0 Å². The number of hydrogen-bond acceptors (Lipinski definition) is 4. The molecule has 1 fully saturated rings. The predicted molar refractivity (Wildman–Crippen MR) is 73.9 cm³/mol. The second-order valence-electron chi connectivity index (χ2n) is 4.63. The molecular formula is C14H21NO2S. The second-order valence-corrected chi connectivity index (χ2v) is 5.66. The Kier molecular flexibility index (Phi) is 5.20. The van der Waals surface area contributed by atoms with Crippen LogP contribution in [-0.2, 0) is 16.0 Å². The van der Waals surface area contributed by atoms with Crippen LogP contribution in [0.15, 0.2) is 17.5 Å². The summed E-state index contributed by atoms with van der Waals surface area (Å²) in [6.07, 6.45) is 4.32. The van der Waals surface area contributed by atoms with Crippen LogP contribution in [0.25, 0.3) is 0 Å².